The van der Waals surface area contributed by atoms with E-state index in [2.05, 4.69) is 18.2 Å². The van der Waals surface area contributed by atoms with Crippen molar-refractivity contribution < 1.29 is 4.79 Å². The molecule has 0 radical (unpaired) electrons. The van der Waals surface area contributed by atoms with E-state index in [0.717, 1.165) is 0 Å². The number of hydrogen-bond donors (Lipinski definition) is 1. The monoisotopic (exact) mass is 305 g/mol. The topological polar surface area (TPSA) is 70.1 Å². The van der Waals surface area contributed by atoms with Crippen molar-refractivity contribution in [3.63, 3.8) is 0 Å². The Morgan fingerprint density at radius 2 is 1.83 bits per heavy atom. The van der Waals surface area contributed by atoms with Crippen LogP contribution in [0.1, 0.15) is 27.4 Å². The summed E-state index contributed by atoms with van der Waals surface area (Å²) < 4.78 is 0. The number of nitrogens with zero attached hydrogens (tertiary/aromatic N) is 2. The predicted molar refractivity (Wildman–Crippen MR) is 88.8 cm³/mol. The van der Waals surface area contributed by atoms with Crippen LogP contribution in [-0.4, -0.2) is 30.4 Å². The second-order valence-corrected chi connectivity index (χ2v) is 5.91. The SMILES string of the molecule is N#Cc1ccc(C(=O)N2C[C@@H](CN)[C@H](c3ccccc3)C2)cc1. The summed E-state index contributed by atoms with van der Waals surface area (Å²) in [4.78, 5) is 14.6. The number of nitrogens with two attached hydrogens (primary N) is 1. The summed E-state index contributed by atoms with van der Waals surface area (Å²) in [6.45, 7) is 1.93. The number of hydrogen-bond acceptors (Lipinski definition) is 3. The molecule has 4 nitrogen and oxygen atoms in total. The zero-order valence-electron chi connectivity index (χ0n) is 12.9. The Bertz CT molecular complexity index is 719. The number of rotatable bonds is 3. The summed E-state index contributed by atoms with van der Waals surface area (Å²) in [5.41, 5.74) is 8.34. The molecule has 2 N–H and O–H groups in total. The maximum absolute atomic E-state index is 12.7. The molecule has 1 amide bonds. The highest BCUT2D eigenvalue weighted by atomic mass is 16.2. The molecule has 2 atom stereocenters. The summed E-state index contributed by atoms with van der Waals surface area (Å²) in [5.74, 6) is 0.564. The lowest BCUT2D eigenvalue weighted by Gasteiger charge is -2.17. The Labute approximate surface area is 136 Å². The van der Waals surface area contributed by atoms with Crippen molar-refractivity contribution in [1.29, 1.82) is 5.26 Å². The molecular weight excluding hydrogens is 286 g/mol. The van der Waals surface area contributed by atoms with Gasteiger partial charge >= 0.3 is 0 Å². The average Bonchev–Trinajstić information content (AvgIpc) is 3.06. The normalized spacial score (nSPS) is 20.3. The standard InChI is InChI=1S/C19H19N3O/c20-10-14-6-8-16(9-7-14)19(23)22-12-17(11-21)18(13-22)15-4-2-1-3-5-15/h1-9,17-18H,11-13,21H2/t17-,18+/m1/s1. The van der Waals surface area contributed by atoms with Gasteiger partial charge in [-0.25, -0.2) is 0 Å². The Balaban J connectivity index is 1.79. The van der Waals surface area contributed by atoms with Crippen molar-refractivity contribution in [3.8, 4) is 6.07 Å². The van der Waals surface area contributed by atoms with Gasteiger partial charge in [0.25, 0.3) is 5.91 Å². The van der Waals surface area contributed by atoms with Gasteiger partial charge in [0.1, 0.15) is 0 Å². The fraction of sp³-hybridized carbons (Fsp3) is 0.263. The fourth-order valence-electron chi connectivity index (χ4n) is 3.22. The van der Waals surface area contributed by atoms with Gasteiger partial charge in [-0.15, -0.1) is 0 Å². The van der Waals surface area contributed by atoms with Crippen LogP contribution in [-0.2, 0) is 0 Å². The van der Waals surface area contributed by atoms with Gasteiger partial charge in [-0.05, 0) is 42.3 Å². The van der Waals surface area contributed by atoms with E-state index in [9.17, 15) is 4.79 Å². The van der Waals surface area contributed by atoms with Crippen LogP contribution in [0.25, 0.3) is 0 Å². The molecule has 2 aromatic rings. The van der Waals surface area contributed by atoms with Crippen molar-refractivity contribution in [2.75, 3.05) is 19.6 Å². The molecule has 4 heteroatoms. The molecule has 0 aliphatic carbocycles. The van der Waals surface area contributed by atoms with Gasteiger partial charge in [-0.2, -0.15) is 5.26 Å². The minimum absolute atomic E-state index is 0.00590. The fourth-order valence-corrected chi connectivity index (χ4v) is 3.22. The highest BCUT2D eigenvalue weighted by molar-refractivity contribution is 5.94. The highest BCUT2D eigenvalue weighted by Crippen LogP contribution is 2.32. The molecule has 0 saturated carbocycles. The predicted octanol–water partition coefficient (Wildman–Crippen LogP) is 2.37. The molecule has 3 rings (SSSR count). The van der Waals surface area contributed by atoms with Crippen molar-refractivity contribution in [2.24, 2.45) is 11.7 Å². The average molecular weight is 305 g/mol. The van der Waals surface area contributed by atoms with E-state index in [-0.39, 0.29) is 17.7 Å². The van der Waals surface area contributed by atoms with E-state index >= 15 is 0 Å². The third kappa shape index (κ3) is 3.10. The van der Waals surface area contributed by atoms with Gasteiger partial charge in [-0.1, -0.05) is 30.3 Å². The lowest BCUT2D eigenvalue weighted by Crippen LogP contribution is -2.29. The van der Waals surface area contributed by atoms with Gasteiger partial charge < -0.3 is 10.6 Å². The molecule has 23 heavy (non-hydrogen) atoms. The minimum Gasteiger partial charge on any atom is -0.338 e. The quantitative estimate of drug-likeness (QED) is 0.946. The van der Waals surface area contributed by atoms with Crippen LogP contribution in [0.5, 0.6) is 0 Å². The van der Waals surface area contributed by atoms with E-state index in [0.29, 0.717) is 30.8 Å². The summed E-state index contributed by atoms with van der Waals surface area (Å²) in [5, 5.41) is 8.85. The maximum atomic E-state index is 12.7. The van der Waals surface area contributed by atoms with Gasteiger partial charge in [0.2, 0.25) is 0 Å². The minimum atomic E-state index is 0.00590. The van der Waals surface area contributed by atoms with E-state index in [1.54, 1.807) is 24.3 Å². The smallest absolute Gasteiger partial charge is 0.253 e. The van der Waals surface area contributed by atoms with Crippen molar-refractivity contribution >= 4 is 5.91 Å². The largest absolute Gasteiger partial charge is 0.338 e. The molecule has 0 unspecified atom stereocenters. The summed E-state index contributed by atoms with van der Waals surface area (Å²) in [7, 11) is 0. The molecule has 116 valence electrons. The van der Waals surface area contributed by atoms with Gasteiger partial charge in [0.15, 0.2) is 0 Å². The number of carbonyl (C=O) groups excluding carboxylic acids is 1. The molecule has 0 bridgehead atoms. The number of likely N-dealkylation sites (tertiary alicyclic amines) is 1. The molecule has 1 aliphatic rings. The molecular formula is C19H19N3O. The van der Waals surface area contributed by atoms with Crippen LogP contribution in [0.15, 0.2) is 54.6 Å². The molecule has 1 heterocycles. The lowest BCUT2D eigenvalue weighted by molar-refractivity contribution is 0.0786. The van der Waals surface area contributed by atoms with Crippen LogP contribution >= 0.6 is 0 Å². The molecule has 2 aromatic carbocycles. The summed E-state index contributed by atoms with van der Waals surface area (Å²) in [6, 6.07) is 19.1. The summed E-state index contributed by atoms with van der Waals surface area (Å²) in [6.07, 6.45) is 0. The van der Waals surface area contributed by atoms with Crippen LogP contribution in [0.2, 0.25) is 0 Å². The zero-order chi connectivity index (χ0) is 16.2. The van der Waals surface area contributed by atoms with Gasteiger partial charge in [-0.3, -0.25) is 4.79 Å². The van der Waals surface area contributed by atoms with E-state index in [4.69, 9.17) is 11.0 Å². The molecule has 1 saturated heterocycles. The van der Waals surface area contributed by atoms with Crippen LogP contribution in [0, 0.1) is 17.2 Å². The Kier molecular flexibility index (Phi) is 4.40. The number of carbonyl (C=O) groups is 1. The van der Waals surface area contributed by atoms with Crippen LogP contribution in [0.3, 0.4) is 0 Å². The Hall–Kier alpha value is -2.64. The first kappa shape index (κ1) is 15.3. The molecule has 0 aromatic heterocycles. The maximum Gasteiger partial charge on any atom is 0.253 e. The molecule has 0 spiro atoms. The first-order valence-electron chi connectivity index (χ1n) is 7.77. The second-order valence-electron chi connectivity index (χ2n) is 5.91. The zero-order valence-corrected chi connectivity index (χ0v) is 12.9. The van der Waals surface area contributed by atoms with Crippen LogP contribution < -0.4 is 5.73 Å². The number of amides is 1. The first-order valence-corrected chi connectivity index (χ1v) is 7.77. The molecule has 1 fully saturated rings. The van der Waals surface area contributed by atoms with E-state index < -0.39 is 0 Å². The Morgan fingerprint density at radius 3 is 2.43 bits per heavy atom. The highest BCUT2D eigenvalue weighted by Gasteiger charge is 2.35. The molecule has 1 aliphatic heterocycles. The number of nitriles is 1. The third-order valence-electron chi connectivity index (χ3n) is 4.52. The van der Waals surface area contributed by atoms with Crippen molar-refractivity contribution in [3.05, 3.63) is 71.3 Å². The van der Waals surface area contributed by atoms with E-state index in [1.807, 2.05) is 23.1 Å². The van der Waals surface area contributed by atoms with Gasteiger partial charge in [0, 0.05) is 24.6 Å². The Morgan fingerprint density at radius 1 is 1.13 bits per heavy atom. The van der Waals surface area contributed by atoms with Crippen molar-refractivity contribution in [1.82, 2.24) is 4.90 Å². The van der Waals surface area contributed by atoms with Gasteiger partial charge in [0.05, 0.1) is 11.6 Å². The second kappa shape index (κ2) is 6.64. The summed E-state index contributed by atoms with van der Waals surface area (Å²) >= 11 is 0. The first-order chi connectivity index (χ1) is 11.2. The van der Waals surface area contributed by atoms with E-state index in [1.165, 1.54) is 5.56 Å². The van der Waals surface area contributed by atoms with Crippen LogP contribution in [0.4, 0.5) is 0 Å². The third-order valence-corrected chi connectivity index (χ3v) is 4.52. The lowest BCUT2D eigenvalue weighted by atomic mass is 9.89. The van der Waals surface area contributed by atoms with Crippen molar-refractivity contribution in [2.45, 2.75) is 5.92 Å². The number of benzene rings is 2.